The summed E-state index contributed by atoms with van der Waals surface area (Å²) < 4.78 is 28.4. The minimum atomic E-state index is -0.372. The van der Waals surface area contributed by atoms with E-state index in [4.69, 9.17) is 0 Å². The van der Waals surface area contributed by atoms with Crippen LogP contribution in [0, 0.1) is 11.6 Å². The zero-order chi connectivity index (χ0) is 20.9. The summed E-state index contributed by atoms with van der Waals surface area (Å²) in [7, 11) is 0. The van der Waals surface area contributed by atoms with E-state index in [0.717, 1.165) is 16.8 Å². The van der Waals surface area contributed by atoms with Crippen molar-refractivity contribution in [2.75, 3.05) is 0 Å². The maximum atomic E-state index is 13.4. The normalized spacial score (nSPS) is 10.7. The molecule has 6 heteroatoms. The maximum Gasteiger partial charge on any atom is 0.224 e. The van der Waals surface area contributed by atoms with E-state index in [1.54, 1.807) is 28.9 Å². The van der Waals surface area contributed by atoms with Gasteiger partial charge in [-0.1, -0.05) is 30.3 Å². The molecule has 0 aliphatic carbocycles. The molecule has 0 spiro atoms. The molecular weight excluding hydrogens is 384 g/mol. The first kappa shape index (κ1) is 19.5. The monoisotopic (exact) mass is 403 g/mol. The van der Waals surface area contributed by atoms with Crippen LogP contribution in [0.25, 0.3) is 16.9 Å². The van der Waals surface area contributed by atoms with Crippen molar-refractivity contribution in [3.8, 4) is 16.9 Å². The number of carbonyl (C=O) groups is 1. The number of nitrogens with one attached hydrogen (secondary N) is 1. The molecule has 1 aromatic heterocycles. The molecule has 0 saturated heterocycles. The van der Waals surface area contributed by atoms with Crippen molar-refractivity contribution in [1.29, 1.82) is 0 Å². The Morgan fingerprint density at radius 3 is 2.40 bits per heavy atom. The topological polar surface area (TPSA) is 46.9 Å². The Kier molecular flexibility index (Phi) is 5.66. The number of hydrogen-bond acceptors (Lipinski definition) is 2. The second-order valence-corrected chi connectivity index (χ2v) is 6.87. The minimum absolute atomic E-state index is 0.0798. The van der Waals surface area contributed by atoms with Crippen LogP contribution in [0.15, 0.2) is 85.1 Å². The van der Waals surface area contributed by atoms with Gasteiger partial charge in [-0.2, -0.15) is 5.10 Å². The van der Waals surface area contributed by atoms with Gasteiger partial charge < -0.3 is 5.32 Å². The van der Waals surface area contributed by atoms with Crippen molar-refractivity contribution in [3.05, 3.63) is 108 Å². The molecule has 0 aliphatic rings. The molecule has 0 bridgehead atoms. The summed E-state index contributed by atoms with van der Waals surface area (Å²) in [5.74, 6) is -0.924. The molecule has 1 amide bonds. The van der Waals surface area contributed by atoms with Crippen LogP contribution in [0.3, 0.4) is 0 Å². The molecule has 0 atom stereocenters. The third-order valence-corrected chi connectivity index (χ3v) is 4.66. The Hall–Kier alpha value is -3.80. The Morgan fingerprint density at radius 1 is 0.900 bits per heavy atom. The molecule has 0 fully saturated rings. The number of para-hydroxylation sites is 1. The van der Waals surface area contributed by atoms with E-state index in [2.05, 4.69) is 10.4 Å². The molecule has 0 saturated carbocycles. The molecular formula is C24H19F2N3O. The highest BCUT2D eigenvalue weighted by Gasteiger charge is 2.14. The summed E-state index contributed by atoms with van der Waals surface area (Å²) in [5, 5.41) is 7.51. The molecule has 0 unspecified atom stereocenters. The number of aromatic nitrogens is 2. The Balaban J connectivity index is 1.57. The van der Waals surface area contributed by atoms with E-state index >= 15 is 0 Å². The van der Waals surface area contributed by atoms with Crippen LogP contribution in [0.5, 0.6) is 0 Å². The number of halogens is 2. The molecule has 150 valence electrons. The van der Waals surface area contributed by atoms with Crippen molar-refractivity contribution in [2.45, 2.75) is 13.0 Å². The van der Waals surface area contributed by atoms with Gasteiger partial charge in [-0.05, 0) is 54.1 Å². The molecule has 4 rings (SSSR count). The largest absolute Gasteiger partial charge is 0.352 e. The number of nitrogens with zero attached hydrogens (tertiary/aromatic N) is 2. The van der Waals surface area contributed by atoms with E-state index in [0.29, 0.717) is 11.3 Å². The lowest BCUT2D eigenvalue weighted by Crippen LogP contribution is -2.24. The molecule has 4 nitrogen and oxygen atoms in total. The lowest BCUT2D eigenvalue weighted by Gasteiger charge is -2.06. The smallest absolute Gasteiger partial charge is 0.224 e. The van der Waals surface area contributed by atoms with E-state index in [1.165, 1.54) is 24.3 Å². The van der Waals surface area contributed by atoms with E-state index in [1.807, 2.05) is 36.5 Å². The number of hydrogen-bond donors (Lipinski definition) is 1. The molecule has 0 radical (unpaired) electrons. The first-order valence-electron chi connectivity index (χ1n) is 9.49. The van der Waals surface area contributed by atoms with Crippen LogP contribution in [-0.4, -0.2) is 15.7 Å². The van der Waals surface area contributed by atoms with Gasteiger partial charge in [0.05, 0.1) is 17.8 Å². The highest BCUT2D eigenvalue weighted by molar-refractivity contribution is 5.78. The fourth-order valence-corrected chi connectivity index (χ4v) is 3.19. The highest BCUT2D eigenvalue weighted by Crippen LogP contribution is 2.24. The predicted octanol–water partition coefficient (Wildman–Crippen LogP) is 4.68. The van der Waals surface area contributed by atoms with Gasteiger partial charge in [0, 0.05) is 23.9 Å². The number of rotatable bonds is 6. The predicted molar refractivity (Wildman–Crippen MR) is 111 cm³/mol. The Bertz CT molecular complexity index is 1150. The third-order valence-electron chi connectivity index (χ3n) is 4.66. The van der Waals surface area contributed by atoms with Crippen LogP contribution < -0.4 is 5.32 Å². The van der Waals surface area contributed by atoms with Crippen LogP contribution in [0.1, 0.15) is 11.1 Å². The average molecular weight is 403 g/mol. The minimum Gasteiger partial charge on any atom is -0.352 e. The van der Waals surface area contributed by atoms with Crippen molar-refractivity contribution in [1.82, 2.24) is 15.1 Å². The quantitative estimate of drug-likeness (QED) is 0.508. The van der Waals surface area contributed by atoms with Gasteiger partial charge in [0.2, 0.25) is 5.91 Å². The summed E-state index contributed by atoms with van der Waals surface area (Å²) in [6.45, 7) is 0.244. The average Bonchev–Trinajstić information content (AvgIpc) is 3.18. The van der Waals surface area contributed by atoms with Gasteiger partial charge in [-0.3, -0.25) is 4.79 Å². The zero-order valence-corrected chi connectivity index (χ0v) is 16.1. The number of amides is 1. The Labute approximate surface area is 172 Å². The summed E-state index contributed by atoms with van der Waals surface area (Å²) in [4.78, 5) is 12.4. The van der Waals surface area contributed by atoms with Crippen molar-refractivity contribution >= 4 is 5.91 Å². The first-order valence-corrected chi connectivity index (χ1v) is 9.49. The molecule has 0 aliphatic heterocycles. The maximum absolute atomic E-state index is 13.4. The van der Waals surface area contributed by atoms with Gasteiger partial charge in [0.15, 0.2) is 0 Å². The van der Waals surface area contributed by atoms with Gasteiger partial charge in [-0.15, -0.1) is 0 Å². The second kappa shape index (κ2) is 8.69. The fourth-order valence-electron chi connectivity index (χ4n) is 3.19. The zero-order valence-electron chi connectivity index (χ0n) is 16.1. The van der Waals surface area contributed by atoms with E-state index in [9.17, 15) is 13.6 Å². The fraction of sp³-hybridized carbons (Fsp3) is 0.0833. The second-order valence-electron chi connectivity index (χ2n) is 6.87. The summed E-state index contributed by atoms with van der Waals surface area (Å²) in [6.07, 6.45) is 1.92. The van der Waals surface area contributed by atoms with Gasteiger partial charge in [0.1, 0.15) is 11.6 Å². The van der Waals surface area contributed by atoms with Crippen molar-refractivity contribution < 1.29 is 13.6 Å². The van der Waals surface area contributed by atoms with Crippen LogP contribution >= 0.6 is 0 Å². The summed E-state index contributed by atoms with van der Waals surface area (Å²) in [6, 6.07) is 21.6. The van der Waals surface area contributed by atoms with Crippen LogP contribution in [0.2, 0.25) is 0 Å². The highest BCUT2D eigenvalue weighted by atomic mass is 19.1. The first-order chi connectivity index (χ1) is 14.6. The van der Waals surface area contributed by atoms with Crippen LogP contribution in [-0.2, 0) is 17.8 Å². The van der Waals surface area contributed by atoms with Gasteiger partial charge in [0.25, 0.3) is 0 Å². The third kappa shape index (κ3) is 4.60. The van der Waals surface area contributed by atoms with Gasteiger partial charge >= 0.3 is 0 Å². The molecule has 4 aromatic rings. The summed E-state index contributed by atoms with van der Waals surface area (Å²) in [5.41, 5.74) is 3.67. The lowest BCUT2D eigenvalue weighted by molar-refractivity contribution is -0.120. The van der Waals surface area contributed by atoms with Gasteiger partial charge in [-0.25, -0.2) is 13.5 Å². The van der Waals surface area contributed by atoms with E-state index < -0.39 is 0 Å². The van der Waals surface area contributed by atoms with E-state index in [-0.39, 0.29) is 30.5 Å². The number of carbonyl (C=O) groups excluding carboxylic acids is 1. The molecule has 30 heavy (non-hydrogen) atoms. The molecule has 1 heterocycles. The lowest BCUT2D eigenvalue weighted by atomic mass is 10.1. The number of benzene rings is 3. The van der Waals surface area contributed by atoms with Crippen molar-refractivity contribution in [2.24, 2.45) is 0 Å². The SMILES string of the molecule is O=C(Cc1cccc(F)c1)NCc1cn(-c2ccccc2)nc1-c1ccc(F)cc1. The van der Waals surface area contributed by atoms with Crippen LogP contribution in [0.4, 0.5) is 8.78 Å². The molecule has 1 N–H and O–H groups in total. The Morgan fingerprint density at radius 2 is 1.67 bits per heavy atom. The molecule has 3 aromatic carbocycles. The standard InChI is InChI=1S/C24H19F2N3O/c25-20-11-9-18(10-12-20)24-19(16-29(28-24)22-7-2-1-3-8-22)15-27-23(30)14-17-5-4-6-21(26)13-17/h1-13,16H,14-15H2,(H,27,30). The summed E-state index contributed by atoms with van der Waals surface area (Å²) >= 11 is 0. The van der Waals surface area contributed by atoms with Crippen molar-refractivity contribution in [3.63, 3.8) is 0 Å².